The van der Waals surface area contributed by atoms with Crippen LogP contribution >= 0.6 is 22.6 Å². The first-order valence-corrected chi connectivity index (χ1v) is 12.5. The zero-order chi connectivity index (χ0) is 26.6. The third kappa shape index (κ3) is 6.40. The molecule has 2 aromatic carbocycles. The first-order valence-electron chi connectivity index (χ1n) is 9.98. The Hall–Kier alpha value is -3.02. The summed E-state index contributed by atoms with van der Waals surface area (Å²) < 4.78 is 87.2. The Balaban J connectivity index is 1.99. The molecule has 3 aromatic rings. The van der Waals surface area contributed by atoms with Crippen molar-refractivity contribution in [2.75, 3.05) is 23.2 Å². The largest absolute Gasteiger partial charge is 0.395 e. The molecule has 9 nitrogen and oxygen atoms in total. The summed E-state index contributed by atoms with van der Waals surface area (Å²) in [4.78, 5) is 15.6. The van der Waals surface area contributed by atoms with Crippen molar-refractivity contribution < 1.29 is 35.9 Å². The molecule has 0 bridgehead atoms. The standard InChI is InChI=1S/C21H18F4IN5O4S/c22-14-9-12(26)1-2-15(14)30-19-13(20(27)33)8-11(16(23)18(19)25)7-10-3-4-28-21(17(10)24)31-36(34,35)29-5-6-32/h1-4,8-9,29-30,32H,5-7H2,(H2,27,33)(H,28,31). The molecule has 15 heteroatoms. The van der Waals surface area contributed by atoms with E-state index in [2.05, 4.69) is 10.3 Å². The summed E-state index contributed by atoms with van der Waals surface area (Å²) in [5.41, 5.74) is 3.09. The topological polar surface area (TPSA) is 146 Å². The second kappa shape index (κ2) is 11.4. The molecule has 1 heterocycles. The lowest BCUT2D eigenvalue weighted by molar-refractivity contribution is 0.100. The maximum Gasteiger partial charge on any atom is 0.300 e. The third-order valence-corrected chi connectivity index (χ3v) is 6.44. The van der Waals surface area contributed by atoms with E-state index in [0.717, 1.165) is 24.4 Å². The summed E-state index contributed by atoms with van der Waals surface area (Å²) in [6.07, 6.45) is 0.412. The highest BCUT2D eigenvalue weighted by molar-refractivity contribution is 14.1. The fraction of sp³-hybridized carbons (Fsp3) is 0.143. The number of nitrogens with zero attached hydrogens (tertiary/aromatic N) is 1. The minimum atomic E-state index is -4.28. The molecule has 3 rings (SSSR count). The maximum atomic E-state index is 15.0. The van der Waals surface area contributed by atoms with Crippen molar-refractivity contribution in [2.24, 2.45) is 5.73 Å². The van der Waals surface area contributed by atoms with Crippen LogP contribution in [0.5, 0.6) is 0 Å². The summed E-state index contributed by atoms with van der Waals surface area (Å²) in [7, 11) is -4.28. The number of aliphatic hydroxyl groups excluding tert-OH is 1. The number of anilines is 3. The minimum Gasteiger partial charge on any atom is -0.395 e. The molecular formula is C21H18F4IN5O4S. The Morgan fingerprint density at radius 3 is 2.42 bits per heavy atom. The Morgan fingerprint density at radius 2 is 1.78 bits per heavy atom. The number of benzene rings is 2. The van der Waals surface area contributed by atoms with Gasteiger partial charge >= 0.3 is 0 Å². The van der Waals surface area contributed by atoms with Crippen molar-refractivity contribution in [3.05, 3.63) is 80.1 Å². The number of carbonyl (C=O) groups excluding carboxylic acids is 1. The van der Waals surface area contributed by atoms with E-state index >= 15 is 4.39 Å². The van der Waals surface area contributed by atoms with E-state index in [9.17, 15) is 26.4 Å². The van der Waals surface area contributed by atoms with Gasteiger partial charge in [0.1, 0.15) is 5.82 Å². The molecule has 0 atom stereocenters. The van der Waals surface area contributed by atoms with Crippen molar-refractivity contribution in [2.45, 2.75) is 6.42 Å². The van der Waals surface area contributed by atoms with Gasteiger partial charge in [-0.25, -0.2) is 22.5 Å². The monoisotopic (exact) mass is 639 g/mol. The highest BCUT2D eigenvalue weighted by atomic mass is 127. The molecule has 36 heavy (non-hydrogen) atoms. The first kappa shape index (κ1) is 27.6. The number of aliphatic hydroxyl groups is 1. The van der Waals surface area contributed by atoms with E-state index in [4.69, 9.17) is 10.8 Å². The van der Waals surface area contributed by atoms with Gasteiger partial charge in [0, 0.05) is 22.7 Å². The van der Waals surface area contributed by atoms with Crippen molar-refractivity contribution in [1.29, 1.82) is 0 Å². The number of nitrogens with one attached hydrogen (secondary N) is 3. The molecule has 0 aliphatic rings. The van der Waals surface area contributed by atoms with Crippen molar-refractivity contribution >= 4 is 55.9 Å². The van der Waals surface area contributed by atoms with Gasteiger partial charge in [-0.3, -0.25) is 9.52 Å². The predicted molar refractivity (Wildman–Crippen MR) is 132 cm³/mol. The quantitative estimate of drug-likeness (QED) is 0.170. The molecule has 6 N–H and O–H groups in total. The van der Waals surface area contributed by atoms with Crippen LogP contribution in [0.2, 0.25) is 0 Å². The van der Waals surface area contributed by atoms with E-state index in [1.54, 1.807) is 0 Å². The average Bonchev–Trinajstić information content (AvgIpc) is 2.81. The number of hydrogen-bond acceptors (Lipinski definition) is 6. The van der Waals surface area contributed by atoms with Crippen LogP contribution < -0.4 is 20.5 Å². The van der Waals surface area contributed by atoms with Gasteiger partial charge in [0.2, 0.25) is 0 Å². The average molecular weight is 639 g/mol. The summed E-state index contributed by atoms with van der Waals surface area (Å²) in [6, 6.07) is 5.88. The van der Waals surface area contributed by atoms with Gasteiger partial charge in [-0.05, 0) is 64.0 Å². The third-order valence-electron chi connectivity index (χ3n) is 4.72. The van der Waals surface area contributed by atoms with E-state index in [0.29, 0.717) is 3.57 Å². The molecule has 0 radical (unpaired) electrons. The Kier molecular flexibility index (Phi) is 8.70. The highest BCUT2D eigenvalue weighted by Crippen LogP contribution is 2.32. The predicted octanol–water partition coefficient (Wildman–Crippen LogP) is 2.91. The number of aromatic nitrogens is 1. The molecule has 0 spiro atoms. The lowest BCUT2D eigenvalue weighted by atomic mass is 10.00. The Morgan fingerprint density at radius 1 is 1.06 bits per heavy atom. The van der Waals surface area contributed by atoms with Crippen LogP contribution in [0.25, 0.3) is 0 Å². The molecule has 0 saturated carbocycles. The number of carbonyl (C=O) groups is 1. The van der Waals surface area contributed by atoms with Crippen LogP contribution in [0, 0.1) is 26.8 Å². The fourth-order valence-electron chi connectivity index (χ4n) is 3.09. The van der Waals surface area contributed by atoms with Gasteiger partial charge in [-0.15, -0.1) is 0 Å². The molecule has 192 valence electrons. The number of primary amides is 1. The SMILES string of the molecule is NC(=O)c1cc(Cc2ccnc(NS(=O)(=O)NCCO)c2F)c(F)c(F)c1Nc1ccc(I)cc1F. The number of pyridine rings is 1. The van der Waals surface area contributed by atoms with Crippen molar-refractivity contribution in [3.8, 4) is 0 Å². The molecule has 1 aromatic heterocycles. The fourth-order valence-corrected chi connectivity index (χ4v) is 4.37. The van der Waals surface area contributed by atoms with Gasteiger partial charge in [-0.2, -0.15) is 13.1 Å². The van der Waals surface area contributed by atoms with Gasteiger partial charge in [0.25, 0.3) is 16.1 Å². The molecule has 0 saturated heterocycles. The molecular weight excluding hydrogens is 621 g/mol. The molecule has 0 unspecified atom stereocenters. The summed E-state index contributed by atoms with van der Waals surface area (Å²) in [5.74, 6) is -6.89. The Bertz CT molecular complexity index is 1430. The molecule has 0 aliphatic heterocycles. The zero-order valence-electron chi connectivity index (χ0n) is 18.1. The number of hydrogen-bond donors (Lipinski definition) is 5. The molecule has 0 fully saturated rings. The van der Waals surface area contributed by atoms with Crippen LogP contribution in [0.4, 0.5) is 34.8 Å². The Labute approximate surface area is 216 Å². The van der Waals surface area contributed by atoms with Gasteiger partial charge in [0.05, 0.1) is 23.5 Å². The first-order chi connectivity index (χ1) is 16.9. The van der Waals surface area contributed by atoms with E-state index in [1.807, 2.05) is 32.0 Å². The number of amides is 1. The van der Waals surface area contributed by atoms with Crippen LogP contribution in [-0.2, 0) is 16.6 Å². The summed E-state index contributed by atoms with van der Waals surface area (Å²) >= 11 is 1.85. The summed E-state index contributed by atoms with van der Waals surface area (Å²) in [6.45, 7) is -0.853. The van der Waals surface area contributed by atoms with E-state index in [1.165, 1.54) is 12.1 Å². The van der Waals surface area contributed by atoms with Crippen molar-refractivity contribution in [3.63, 3.8) is 0 Å². The van der Waals surface area contributed by atoms with Crippen LogP contribution in [-0.4, -0.2) is 37.6 Å². The lowest BCUT2D eigenvalue weighted by Crippen LogP contribution is -2.33. The van der Waals surface area contributed by atoms with Crippen LogP contribution in [0.3, 0.4) is 0 Å². The molecule has 1 amide bonds. The minimum absolute atomic E-state index is 0.240. The second-order valence-electron chi connectivity index (χ2n) is 7.23. The van der Waals surface area contributed by atoms with Gasteiger partial charge < -0.3 is 16.2 Å². The summed E-state index contributed by atoms with van der Waals surface area (Å²) in [5, 5.41) is 11.1. The van der Waals surface area contributed by atoms with Gasteiger partial charge in [0.15, 0.2) is 23.3 Å². The van der Waals surface area contributed by atoms with E-state index in [-0.39, 0.29) is 17.8 Å². The maximum absolute atomic E-state index is 15.0. The second-order valence-corrected chi connectivity index (χ2v) is 9.98. The smallest absolute Gasteiger partial charge is 0.300 e. The normalized spacial score (nSPS) is 11.4. The number of halogens is 5. The molecule has 0 aliphatic carbocycles. The van der Waals surface area contributed by atoms with Crippen LogP contribution in [0.15, 0.2) is 36.5 Å². The number of nitrogens with two attached hydrogens (primary N) is 1. The lowest BCUT2D eigenvalue weighted by Gasteiger charge is -2.16. The van der Waals surface area contributed by atoms with Crippen LogP contribution in [0.1, 0.15) is 21.5 Å². The van der Waals surface area contributed by atoms with Crippen molar-refractivity contribution in [1.82, 2.24) is 9.71 Å². The van der Waals surface area contributed by atoms with E-state index < -0.39 is 75.0 Å². The van der Waals surface area contributed by atoms with Gasteiger partial charge in [-0.1, -0.05) is 0 Å². The highest BCUT2D eigenvalue weighted by Gasteiger charge is 2.24. The number of rotatable bonds is 10. The zero-order valence-corrected chi connectivity index (χ0v) is 21.1.